The van der Waals surface area contributed by atoms with Crippen LogP contribution in [0.25, 0.3) is 0 Å². The molecular formula is C9H14ClN3O3S. The molecule has 6 nitrogen and oxygen atoms in total. The number of anilines is 1. The molecule has 1 aromatic heterocycles. The second-order valence-corrected chi connectivity index (χ2v) is 5.80. The molecule has 0 spiro atoms. The number of rotatable bonds is 6. The van der Waals surface area contributed by atoms with Crippen molar-refractivity contribution in [2.45, 2.75) is 20.0 Å². The highest BCUT2D eigenvalue weighted by atomic mass is 35.5. The summed E-state index contributed by atoms with van der Waals surface area (Å²) in [5.74, 6) is 0.0156. The van der Waals surface area contributed by atoms with E-state index in [9.17, 15) is 8.42 Å². The van der Waals surface area contributed by atoms with E-state index in [0.29, 0.717) is 0 Å². The summed E-state index contributed by atoms with van der Waals surface area (Å²) in [7, 11) is -3.47. The molecule has 0 saturated heterocycles. The lowest BCUT2D eigenvalue weighted by Crippen LogP contribution is -2.22. The van der Waals surface area contributed by atoms with Crippen molar-refractivity contribution in [2.24, 2.45) is 0 Å². The molecule has 1 rings (SSSR count). The van der Waals surface area contributed by atoms with Crippen LogP contribution in [0.15, 0.2) is 12.4 Å². The van der Waals surface area contributed by atoms with E-state index in [4.69, 9.17) is 16.3 Å². The molecule has 0 unspecified atom stereocenters. The quantitative estimate of drug-likeness (QED) is 0.794. The van der Waals surface area contributed by atoms with Gasteiger partial charge in [0.25, 0.3) is 0 Å². The summed E-state index contributed by atoms with van der Waals surface area (Å²) in [5.41, 5.74) is 0. The normalized spacial score (nSPS) is 11.8. The Morgan fingerprint density at radius 2 is 2.18 bits per heavy atom. The molecular weight excluding hydrogens is 266 g/mol. The Labute approximate surface area is 105 Å². The Bertz CT molecular complexity index is 464. The number of hydrogen-bond donors (Lipinski definition) is 1. The van der Waals surface area contributed by atoms with Crippen LogP contribution in [-0.2, 0) is 14.8 Å². The fourth-order valence-electron chi connectivity index (χ4n) is 0.993. The SMILES string of the molecule is CC(C)OCCS(=O)(=O)Nc1cc(Cl)ncn1. The first-order valence-electron chi connectivity index (χ1n) is 4.99. The molecule has 0 aromatic carbocycles. The Hall–Kier alpha value is -0.920. The smallest absolute Gasteiger partial charge is 0.236 e. The van der Waals surface area contributed by atoms with Crippen molar-refractivity contribution in [2.75, 3.05) is 17.1 Å². The van der Waals surface area contributed by atoms with Crippen LogP contribution in [0.5, 0.6) is 0 Å². The van der Waals surface area contributed by atoms with Crippen LogP contribution >= 0.6 is 11.6 Å². The van der Waals surface area contributed by atoms with Gasteiger partial charge in [0.15, 0.2) is 0 Å². The zero-order valence-electron chi connectivity index (χ0n) is 9.55. The van der Waals surface area contributed by atoms with Crippen LogP contribution in [0.4, 0.5) is 5.82 Å². The van der Waals surface area contributed by atoms with Gasteiger partial charge in [0, 0.05) is 6.07 Å². The number of halogens is 1. The molecule has 17 heavy (non-hydrogen) atoms. The topological polar surface area (TPSA) is 81.2 Å². The van der Waals surface area contributed by atoms with Crippen LogP contribution in [0.2, 0.25) is 5.15 Å². The zero-order chi connectivity index (χ0) is 12.9. The molecule has 8 heteroatoms. The van der Waals surface area contributed by atoms with Gasteiger partial charge < -0.3 is 4.74 Å². The average Bonchev–Trinajstić information content (AvgIpc) is 2.15. The van der Waals surface area contributed by atoms with Crippen molar-refractivity contribution >= 4 is 27.4 Å². The Morgan fingerprint density at radius 3 is 2.76 bits per heavy atom. The standard InChI is InChI=1S/C9H14ClN3O3S/c1-7(2)16-3-4-17(14,15)13-9-5-8(10)11-6-12-9/h5-7H,3-4H2,1-2H3,(H,11,12,13). The molecule has 1 heterocycles. The van der Waals surface area contributed by atoms with Crippen molar-refractivity contribution in [1.82, 2.24) is 9.97 Å². The second-order valence-electron chi connectivity index (χ2n) is 3.57. The van der Waals surface area contributed by atoms with Crippen LogP contribution in [0.3, 0.4) is 0 Å². The summed E-state index contributed by atoms with van der Waals surface area (Å²) in [4.78, 5) is 7.39. The van der Waals surface area contributed by atoms with Gasteiger partial charge in [0.05, 0.1) is 18.5 Å². The minimum Gasteiger partial charge on any atom is -0.378 e. The first-order chi connectivity index (χ1) is 7.89. The van der Waals surface area contributed by atoms with E-state index in [1.54, 1.807) is 0 Å². The van der Waals surface area contributed by atoms with Crippen molar-refractivity contribution in [3.05, 3.63) is 17.5 Å². The van der Waals surface area contributed by atoms with Crippen LogP contribution in [0.1, 0.15) is 13.8 Å². The molecule has 0 radical (unpaired) electrons. The van der Waals surface area contributed by atoms with Gasteiger partial charge in [-0.15, -0.1) is 0 Å². The molecule has 0 saturated carbocycles. The van der Waals surface area contributed by atoms with Gasteiger partial charge in [-0.2, -0.15) is 0 Å². The van der Waals surface area contributed by atoms with E-state index in [2.05, 4.69) is 14.7 Å². The Morgan fingerprint density at radius 1 is 1.47 bits per heavy atom. The number of ether oxygens (including phenoxy) is 1. The lowest BCUT2D eigenvalue weighted by atomic mass is 10.5. The van der Waals surface area contributed by atoms with E-state index in [1.165, 1.54) is 12.4 Å². The third kappa shape index (κ3) is 5.81. The number of hydrogen-bond acceptors (Lipinski definition) is 5. The first-order valence-corrected chi connectivity index (χ1v) is 7.02. The Kier molecular flexibility index (Phi) is 5.10. The van der Waals surface area contributed by atoms with E-state index in [1.807, 2.05) is 13.8 Å². The lowest BCUT2D eigenvalue weighted by molar-refractivity contribution is 0.0913. The van der Waals surface area contributed by atoms with E-state index < -0.39 is 10.0 Å². The maximum atomic E-state index is 11.6. The van der Waals surface area contributed by atoms with E-state index >= 15 is 0 Å². The number of sulfonamides is 1. The van der Waals surface area contributed by atoms with Crippen molar-refractivity contribution in [3.63, 3.8) is 0 Å². The summed E-state index contributed by atoms with van der Waals surface area (Å²) >= 11 is 5.61. The minimum atomic E-state index is -3.47. The fraction of sp³-hybridized carbons (Fsp3) is 0.556. The van der Waals surface area contributed by atoms with Crippen LogP contribution in [0, 0.1) is 0 Å². The lowest BCUT2D eigenvalue weighted by Gasteiger charge is -2.09. The van der Waals surface area contributed by atoms with Crippen LogP contribution in [-0.4, -0.2) is 36.8 Å². The molecule has 1 N–H and O–H groups in total. The highest BCUT2D eigenvalue weighted by Crippen LogP contribution is 2.10. The van der Waals surface area contributed by atoms with Gasteiger partial charge >= 0.3 is 0 Å². The maximum absolute atomic E-state index is 11.6. The molecule has 0 bridgehead atoms. The number of nitrogens with one attached hydrogen (secondary N) is 1. The number of nitrogens with zero attached hydrogens (tertiary/aromatic N) is 2. The predicted octanol–water partition coefficient (Wildman–Crippen LogP) is 1.30. The van der Waals surface area contributed by atoms with E-state index in [0.717, 1.165) is 0 Å². The number of aromatic nitrogens is 2. The van der Waals surface area contributed by atoms with Gasteiger partial charge in [-0.1, -0.05) is 11.6 Å². The van der Waals surface area contributed by atoms with Gasteiger partial charge in [0.1, 0.15) is 17.3 Å². The molecule has 0 amide bonds. The minimum absolute atomic E-state index is 0.00121. The van der Waals surface area contributed by atoms with Gasteiger partial charge in [-0.3, -0.25) is 4.72 Å². The van der Waals surface area contributed by atoms with Gasteiger partial charge in [-0.05, 0) is 13.8 Å². The molecule has 0 fully saturated rings. The summed E-state index contributed by atoms with van der Waals surface area (Å²) in [6.07, 6.45) is 1.18. The van der Waals surface area contributed by atoms with Crippen LogP contribution < -0.4 is 4.72 Å². The van der Waals surface area contributed by atoms with Gasteiger partial charge in [0.2, 0.25) is 10.0 Å². The maximum Gasteiger partial charge on any atom is 0.236 e. The molecule has 0 aliphatic rings. The summed E-state index contributed by atoms with van der Waals surface area (Å²) < 4.78 is 30.6. The highest BCUT2D eigenvalue weighted by molar-refractivity contribution is 7.92. The van der Waals surface area contributed by atoms with Gasteiger partial charge in [-0.25, -0.2) is 18.4 Å². The average molecular weight is 280 g/mol. The summed E-state index contributed by atoms with van der Waals surface area (Å²) in [6.45, 7) is 3.81. The molecule has 96 valence electrons. The van der Waals surface area contributed by atoms with Crippen molar-refractivity contribution < 1.29 is 13.2 Å². The molecule has 0 aliphatic carbocycles. The monoisotopic (exact) mass is 279 g/mol. The molecule has 0 aliphatic heterocycles. The Balaban J connectivity index is 2.55. The van der Waals surface area contributed by atoms with Crippen molar-refractivity contribution in [3.8, 4) is 0 Å². The molecule has 0 atom stereocenters. The highest BCUT2D eigenvalue weighted by Gasteiger charge is 2.11. The third-order valence-corrected chi connectivity index (χ3v) is 3.13. The third-order valence-electron chi connectivity index (χ3n) is 1.70. The predicted molar refractivity (Wildman–Crippen MR) is 65.5 cm³/mol. The van der Waals surface area contributed by atoms with Crippen molar-refractivity contribution in [1.29, 1.82) is 0 Å². The summed E-state index contributed by atoms with van der Waals surface area (Å²) in [6, 6.07) is 1.34. The zero-order valence-corrected chi connectivity index (χ0v) is 11.1. The summed E-state index contributed by atoms with van der Waals surface area (Å²) in [5, 5.41) is 0.177. The molecule has 1 aromatic rings. The first kappa shape index (κ1) is 14.1. The largest absolute Gasteiger partial charge is 0.378 e. The fourth-order valence-corrected chi connectivity index (χ4v) is 1.99. The second kappa shape index (κ2) is 6.13. The van der Waals surface area contributed by atoms with E-state index in [-0.39, 0.29) is 29.4 Å².